The second kappa shape index (κ2) is 5.50. The van der Waals surface area contributed by atoms with Gasteiger partial charge in [-0.3, -0.25) is 4.79 Å². The van der Waals surface area contributed by atoms with Gasteiger partial charge in [0.15, 0.2) is 0 Å². The van der Waals surface area contributed by atoms with Gasteiger partial charge in [-0.15, -0.1) is 0 Å². The summed E-state index contributed by atoms with van der Waals surface area (Å²) in [5.74, 6) is -0.0849. The normalized spacial score (nSPS) is 23.1. The number of carbonyl (C=O) groups excluding carboxylic acids is 1. The van der Waals surface area contributed by atoms with Gasteiger partial charge in [0, 0.05) is 11.7 Å². The second-order valence-electron chi connectivity index (χ2n) is 4.80. The van der Waals surface area contributed by atoms with Crippen molar-refractivity contribution < 1.29 is 9.53 Å². The molecule has 1 aliphatic heterocycles. The van der Waals surface area contributed by atoms with Crippen LogP contribution in [-0.4, -0.2) is 32.2 Å². The Morgan fingerprint density at radius 3 is 2.56 bits per heavy atom. The van der Waals surface area contributed by atoms with Gasteiger partial charge in [-0.05, 0) is 32.0 Å². The molecule has 0 saturated carbocycles. The van der Waals surface area contributed by atoms with Crippen LogP contribution < -0.4 is 10.6 Å². The monoisotopic (exact) mass is 248 g/mol. The molecule has 0 spiro atoms. The highest BCUT2D eigenvalue weighted by Gasteiger charge is 2.33. The molecule has 0 aromatic heterocycles. The molecule has 1 heterocycles. The summed E-state index contributed by atoms with van der Waals surface area (Å²) in [6.45, 7) is 5.09. The number of amides is 1. The van der Waals surface area contributed by atoms with Crippen LogP contribution in [0.15, 0.2) is 18.2 Å². The molecule has 1 aliphatic rings. The molecule has 0 radical (unpaired) electrons. The number of benzene rings is 1. The Balaban J connectivity index is 2.12. The SMILES string of the molecule is CNC1COCC1C(=O)Nc1c(C)cccc1C. The molecule has 0 aliphatic carbocycles. The van der Waals surface area contributed by atoms with E-state index in [4.69, 9.17) is 4.74 Å². The maximum absolute atomic E-state index is 12.3. The number of hydrogen-bond acceptors (Lipinski definition) is 3. The number of para-hydroxylation sites is 1. The Bertz CT molecular complexity index is 425. The summed E-state index contributed by atoms with van der Waals surface area (Å²) in [5.41, 5.74) is 3.09. The predicted molar refractivity (Wildman–Crippen MR) is 71.7 cm³/mol. The largest absolute Gasteiger partial charge is 0.379 e. The van der Waals surface area contributed by atoms with Crippen molar-refractivity contribution >= 4 is 11.6 Å². The molecule has 1 aromatic rings. The van der Waals surface area contributed by atoms with E-state index in [1.54, 1.807) is 0 Å². The van der Waals surface area contributed by atoms with E-state index in [1.165, 1.54) is 0 Å². The van der Waals surface area contributed by atoms with Crippen molar-refractivity contribution in [2.75, 3.05) is 25.6 Å². The molecule has 18 heavy (non-hydrogen) atoms. The van der Waals surface area contributed by atoms with Gasteiger partial charge in [0.2, 0.25) is 5.91 Å². The fraction of sp³-hybridized carbons (Fsp3) is 0.500. The number of hydrogen-bond donors (Lipinski definition) is 2. The zero-order valence-electron chi connectivity index (χ0n) is 11.1. The molecule has 4 heteroatoms. The third-order valence-electron chi connectivity index (χ3n) is 3.52. The lowest BCUT2D eigenvalue weighted by Crippen LogP contribution is -2.39. The lowest BCUT2D eigenvalue weighted by Gasteiger charge is -2.18. The quantitative estimate of drug-likeness (QED) is 0.852. The molecular weight excluding hydrogens is 228 g/mol. The third kappa shape index (κ3) is 2.54. The van der Waals surface area contributed by atoms with Gasteiger partial charge in [-0.1, -0.05) is 18.2 Å². The van der Waals surface area contributed by atoms with E-state index >= 15 is 0 Å². The van der Waals surface area contributed by atoms with Crippen LogP contribution in [0.1, 0.15) is 11.1 Å². The maximum atomic E-state index is 12.3. The fourth-order valence-corrected chi connectivity index (χ4v) is 2.32. The molecule has 1 aromatic carbocycles. The number of carbonyl (C=O) groups is 1. The van der Waals surface area contributed by atoms with E-state index in [2.05, 4.69) is 10.6 Å². The van der Waals surface area contributed by atoms with Crippen molar-refractivity contribution in [3.05, 3.63) is 29.3 Å². The van der Waals surface area contributed by atoms with Crippen molar-refractivity contribution in [3.63, 3.8) is 0 Å². The van der Waals surface area contributed by atoms with Crippen LogP contribution in [0.2, 0.25) is 0 Å². The van der Waals surface area contributed by atoms with E-state index in [0.29, 0.717) is 13.2 Å². The van der Waals surface area contributed by atoms with Crippen LogP contribution in [0.3, 0.4) is 0 Å². The smallest absolute Gasteiger partial charge is 0.231 e. The first-order valence-electron chi connectivity index (χ1n) is 6.25. The van der Waals surface area contributed by atoms with Crippen molar-refractivity contribution in [1.82, 2.24) is 5.32 Å². The second-order valence-corrected chi connectivity index (χ2v) is 4.80. The fourth-order valence-electron chi connectivity index (χ4n) is 2.32. The van der Waals surface area contributed by atoms with Gasteiger partial charge in [0.25, 0.3) is 0 Å². The van der Waals surface area contributed by atoms with Crippen molar-refractivity contribution in [3.8, 4) is 0 Å². The highest BCUT2D eigenvalue weighted by Crippen LogP contribution is 2.22. The van der Waals surface area contributed by atoms with Crippen LogP contribution in [0.4, 0.5) is 5.69 Å². The summed E-state index contributed by atoms with van der Waals surface area (Å²) >= 11 is 0. The average molecular weight is 248 g/mol. The van der Waals surface area contributed by atoms with Gasteiger partial charge >= 0.3 is 0 Å². The lowest BCUT2D eigenvalue weighted by atomic mass is 10.0. The van der Waals surface area contributed by atoms with Gasteiger partial charge in [-0.25, -0.2) is 0 Å². The number of anilines is 1. The molecule has 2 N–H and O–H groups in total. The van der Waals surface area contributed by atoms with Gasteiger partial charge in [0.05, 0.1) is 19.1 Å². The highest BCUT2D eigenvalue weighted by molar-refractivity contribution is 5.94. The van der Waals surface area contributed by atoms with Crippen LogP contribution in [0.25, 0.3) is 0 Å². The number of likely N-dealkylation sites (N-methyl/N-ethyl adjacent to an activating group) is 1. The molecule has 1 amide bonds. The summed E-state index contributed by atoms with van der Waals surface area (Å²) in [7, 11) is 1.86. The summed E-state index contributed by atoms with van der Waals surface area (Å²) in [6.07, 6.45) is 0. The van der Waals surface area contributed by atoms with E-state index in [9.17, 15) is 4.79 Å². The van der Waals surface area contributed by atoms with Crippen LogP contribution in [0.5, 0.6) is 0 Å². The topological polar surface area (TPSA) is 50.4 Å². The minimum absolute atomic E-state index is 0.0317. The van der Waals surface area contributed by atoms with Crippen molar-refractivity contribution in [1.29, 1.82) is 0 Å². The molecule has 1 saturated heterocycles. The average Bonchev–Trinajstić information content (AvgIpc) is 2.82. The minimum atomic E-state index is -0.117. The Hall–Kier alpha value is -1.39. The van der Waals surface area contributed by atoms with Crippen LogP contribution >= 0.6 is 0 Å². The van der Waals surface area contributed by atoms with Crippen LogP contribution in [0, 0.1) is 19.8 Å². The lowest BCUT2D eigenvalue weighted by molar-refractivity contribution is -0.120. The van der Waals surface area contributed by atoms with Gasteiger partial charge in [-0.2, -0.15) is 0 Å². The number of nitrogens with one attached hydrogen (secondary N) is 2. The zero-order valence-corrected chi connectivity index (χ0v) is 11.1. The summed E-state index contributed by atoms with van der Waals surface area (Å²) in [4.78, 5) is 12.3. The first-order chi connectivity index (χ1) is 8.63. The van der Waals surface area contributed by atoms with Crippen LogP contribution in [-0.2, 0) is 9.53 Å². The van der Waals surface area contributed by atoms with E-state index in [1.807, 2.05) is 39.1 Å². The minimum Gasteiger partial charge on any atom is -0.379 e. The first-order valence-corrected chi connectivity index (χ1v) is 6.25. The molecule has 98 valence electrons. The van der Waals surface area contributed by atoms with Gasteiger partial charge < -0.3 is 15.4 Å². The van der Waals surface area contributed by atoms with Crippen molar-refractivity contribution in [2.45, 2.75) is 19.9 Å². The maximum Gasteiger partial charge on any atom is 0.231 e. The Kier molecular flexibility index (Phi) is 3.99. The molecule has 2 unspecified atom stereocenters. The van der Waals surface area contributed by atoms with E-state index in [-0.39, 0.29) is 17.9 Å². The van der Waals surface area contributed by atoms with Gasteiger partial charge in [0.1, 0.15) is 0 Å². The molecule has 2 rings (SSSR count). The molecule has 2 atom stereocenters. The van der Waals surface area contributed by atoms with Crippen molar-refractivity contribution in [2.24, 2.45) is 5.92 Å². The zero-order chi connectivity index (χ0) is 13.1. The third-order valence-corrected chi connectivity index (χ3v) is 3.52. The summed E-state index contributed by atoms with van der Waals surface area (Å²) < 4.78 is 5.36. The molecule has 0 bridgehead atoms. The number of rotatable bonds is 3. The first kappa shape index (κ1) is 13.1. The standard InChI is InChI=1S/C14H20N2O2/c1-9-5-4-6-10(2)13(9)16-14(17)11-7-18-8-12(11)15-3/h4-6,11-12,15H,7-8H2,1-3H3,(H,16,17). The number of aryl methyl sites for hydroxylation is 2. The summed E-state index contributed by atoms with van der Waals surface area (Å²) in [6, 6.07) is 6.11. The number of ether oxygens (including phenoxy) is 1. The summed E-state index contributed by atoms with van der Waals surface area (Å²) in [5, 5.41) is 6.15. The molecule has 4 nitrogen and oxygen atoms in total. The Morgan fingerprint density at radius 2 is 1.94 bits per heavy atom. The Labute approximate surface area is 108 Å². The highest BCUT2D eigenvalue weighted by atomic mass is 16.5. The molecule has 1 fully saturated rings. The predicted octanol–water partition coefficient (Wildman–Crippen LogP) is 1.48. The van der Waals surface area contributed by atoms with E-state index in [0.717, 1.165) is 16.8 Å². The van der Waals surface area contributed by atoms with E-state index < -0.39 is 0 Å². The Morgan fingerprint density at radius 1 is 1.28 bits per heavy atom. The molecular formula is C14H20N2O2.